The molecule has 2 N–H and O–H groups in total. The maximum absolute atomic E-state index is 13.0. The molecule has 0 bridgehead atoms. The van der Waals surface area contributed by atoms with Gasteiger partial charge in [0.05, 0.1) is 10.0 Å². The average molecular weight is 336 g/mol. The minimum Gasteiger partial charge on any atom is -0.384 e. The van der Waals surface area contributed by atoms with Crippen LogP contribution in [0.3, 0.4) is 0 Å². The van der Waals surface area contributed by atoms with Gasteiger partial charge in [-0.05, 0) is 35.4 Å². The molecule has 3 aromatic rings. The molecule has 1 aromatic heterocycles. The van der Waals surface area contributed by atoms with Crippen molar-refractivity contribution in [1.82, 2.24) is 4.98 Å². The maximum Gasteiger partial charge on any atom is 0.123 e. The van der Waals surface area contributed by atoms with Gasteiger partial charge in [-0.2, -0.15) is 0 Å². The van der Waals surface area contributed by atoms with Crippen LogP contribution in [0.25, 0.3) is 11.1 Å². The van der Waals surface area contributed by atoms with Crippen molar-refractivity contribution in [2.45, 2.75) is 6.10 Å². The van der Waals surface area contributed by atoms with E-state index in [-0.39, 0.29) is 5.82 Å². The first-order valence-corrected chi connectivity index (χ1v) is 7.37. The number of aromatic nitrogens is 1. The minimum absolute atomic E-state index is 0.338. The van der Waals surface area contributed by atoms with Gasteiger partial charge in [0.15, 0.2) is 0 Å². The molecule has 3 rings (SSSR count). The zero-order valence-electron chi connectivity index (χ0n) is 11.4. The van der Waals surface area contributed by atoms with Gasteiger partial charge in [0, 0.05) is 23.5 Å². The van der Waals surface area contributed by atoms with Crippen LogP contribution in [0.4, 0.5) is 4.39 Å². The Morgan fingerprint density at radius 3 is 2.36 bits per heavy atom. The first kappa shape index (κ1) is 15.1. The SMILES string of the molecule is O[C@@H](c1ccc(F)cc1)c1c[nH]cc1-c1ccc(Cl)c(Cl)c1. The van der Waals surface area contributed by atoms with Gasteiger partial charge >= 0.3 is 0 Å². The standard InChI is InChI=1S/C17H12Cl2FNO/c18-15-6-3-11(7-16(15)19)13-8-21-9-14(13)17(22)10-1-4-12(20)5-2-10/h1-9,17,21-22H/t17-/m0/s1. The van der Waals surface area contributed by atoms with Crippen molar-refractivity contribution in [2.24, 2.45) is 0 Å². The van der Waals surface area contributed by atoms with Crippen LogP contribution in [-0.4, -0.2) is 10.1 Å². The summed E-state index contributed by atoms with van der Waals surface area (Å²) in [4.78, 5) is 2.98. The van der Waals surface area contributed by atoms with E-state index in [1.807, 2.05) is 6.07 Å². The highest BCUT2D eigenvalue weighted by Crippen LogP contribution is 2.34. The third-order valence-electron chi connectivity index (χ3n) is 3.49. The number of rotatable bonds is 3. The molecule has 0 saturated carbocycles. The summed E-state index contributed by atoms with van der Waals surface area (Å²) in [5.74, 6) is -0.338. The van der Waals surface area contributed by atoms with Gasteiger partial charge < -0.3 is 10.1 Å². The summed E-state index contributed by atoms with van der Waals surface area (Å²) >= 11 is 12.0. The second kappa shape index (κ2) is 6.13. The third kappa shape index (κ3) is 2.88. The predicted molar refractivity (Wildman–Crippen MR) is 86.7 cm³/mol. The van der Waals surface area contributed by atoms with Gasteiger partial charge in [-0.25, -0.2) is 4.39 Å². The fraction of sp³-hybridized carbons (Fsp3) is 0.0588. The third-order valence-corrected chi connectivity index (χ3v) is 4.23. The number of hydrogen-bond acceptors (Lipinski definition) is 1. The van der Waals surface area contributed by atoms with Crippen LogP contribution in [0.5, 0.6) is 0 Å². The molecule has 0 amide bonds. The number of halogens is 3. The predicted octanol–water partition coefficient (Wildman–Crippen LogP) is 5.21. The molecule has 0 saturated heterocycles. The molecule has 0 radical (unpaired) electrons. The molecule has 0 aliphatic heterocycles. The van der Waals surface area contributed by atoms with Crippen LogP contribution < -0.4 is 0 Å². The van der Waals surface area contributed by atoms with E-state index in [1.54, 1.807) is 36.7 Å². The van der Waals surface area contributed by atoms with Crippen LogP contribution in [0.1, 0.15) is 17.2 Å². The number of hydrogen-bond donors (Lipinski definition) is 2. The highest BCUT2D eigenvalue weighted by atomic mass is 35.5. The van der Waals surface area contributed by atoms with E-state index in [1.165, 1.54) is 12.1 Å². The first-order valence-electron chi connectivity index (χ1n) is 6.62. The van der Waals surface area contributed by atoms with Gasteiger partial charge in [0.2, 0.25) is 0 Å². The Labute approximate surface area is 137 Å². The molecule has 2 aromatic carbocycles. The highest BCUT2D eigenvalue weighted by molar-refractivity contribution is 6.42. The molecule has 0 fully saturated rings. The number of aromatic amines is 1. The maximum atomic E-state index is 13.0. The average Bonchev–Trinajstić information content (AvgIpc) is 2.99. The summed E-state index contributed by atoms with van der Waals surface area (Å²) in [5, 5.41) is 11.5. The first-order chi connectivity index (χ1) is 10.6. The summed E-state index contributed by atoms with van der Waals surface area (Å²) in [6.07, 6.45) is 2.63. The minimum atomic E-state index is -0.865. The van der Waals surface area contributed by atoms with Crippen molar-refractivity contribution < 1.29 is 9.50 Å². The van der Waals surface area contributed by atoms with E-state index in [0.29, 0.717) is 21.2 Å². The van der Waals surface area contributed by atoms with Crippen molar-refractivity contribution in [3.8, 4) is 11.1 Å². The molecule has 22 heavy (non-hydrogen) atoms. The van der Waals surface area contributed by atoms with E-state index in [0.717, 1.165) is 11.1 Å². The van der Waals surface area contributed by atoms with E-state index < -0.39 is 6.10 Å². The number of H-pyrrole nitrogens is 1. The zero-order chi connectivity index (χ0) is 15.7. The zero-order valence-corrected chi connectivity index (χ0v) is 12.9. The highest BCUT2D eigenvalue weighted by Gasteiger charge is 2.17. The Hall–Kier alpha value is -1.81. The second-order valence-corrected chi connectivity index (χ2v) is 5.72. The van der Waals surface area contributed by atoms with Crippen molar-refractivity contribution >= 4 is 23.2 Å². The van der Waals surface area contributed by atoms with Crippen LogP contribution in [0, 0.1) is 5.82 Å². The van der Waals surface area contributed by atoms with Crippen LogP contribution >= 0.6 is 23.2 Å². The molecule has 2 nitrogen and oxygen atoms in total. The van der Waals surface area contributed by atoms with Gasteiger partial charge in [-0.1, -0.05) is 41.4 Å². The lowest BCUT2D eigenvalue weighted by Crippen LogP contribution is -2.00. The topological polar surface area (TPSA) is 36.0 Å². The van der Waals surface area contributed by atoms with Crippen molar-refractivity contribution in [3.63, 3.8) is 0 Å². The van der Waals surface area contributed by atoms with Crippen molar-refractivity contribution in [2.75, 3.05) is 0 Å². The summed E-state index contributed by atoms with van der Waals surface area (Å²) < 4.78 is 13.0. The largest absolute Gasteiger partial charge is 0.384 e. The Kier molecular flexibility index (Phi) is 4.21. The Bertz CT molecular complexity index is 799. The van der Waals surface area contributed by atoms with E-state index >= 15 is 0 Å². The number of aliphatic hydroxyl groups is 1. The molecule has 112 valence electrons. The molecule has 5 heteroatoms. The fourth-order valence-corrected chi connectivity index (χ4v) is 2.64. The second-order valence-electron chi connectivity index (χ2n) is 4.91. The number of benzene rings is 2. The van der Waals surface area contributed by atoms with Crippen LogP contribution in [0.15, 0.2) is 54.9 Å². The Morgan fingerprint density at radius 1 is 0.955 bits per heavy atom. The van der Waals surface area contributed by atoms with E-state index in [9.17, 15) is 9.50 Å². The fourth-order valence-electron chi connectivity index (χ4n) is 2.34. The lowest BCUT2D eigenvalue weighted by Gasteiger charge is -2.13. The van der Waals surface area contributed by atoms with Gasteiger partial charge in [0.25, 0.3) is 0 Å². The van der Waals surface area contributed by atoms with Gasteiger partial charge in [0.1, 0.15) is 11.9 Å². The summed E-state index contributed by atoms with van der Waals surface area (Å²) in [7, 11) is 0. The van der Waals surface area contributed by atoms with Crippen molar-refractivity contribution in [3.05, 3.63) is 81.8 Å². The van der Waals surface area contributed by atoms with Crippen molar-refractivity contribution in [1.29, 1.82) is 0 Å². The molecule has 1 heterocycles. The van der Waals surface area contributed by atoms with E-state index in [4.69, 9.17) is 23.2 Å². The molecule has 1 atom stereocenters. The molecule has 0 spiro atoms. The number of aliphatic hydroxyl groups excluding tert-OH is 1. The van der Waals surface area contributed by atoms with Crippen LogP contribution in [0.2, 0.25) is 10.0 Å². The summed E-state index contributed by atoms with van der Waals surface area (Å²) in [6.45, 7) is 0. The summed E-state index contributed by atoms with van der Waals surface area (Å²) in [5.41, 5.74) is 2.95. The molecule has 0 unspecified atom stereocenters. The quantitative estimate of drug-likeness (QED) is 0.677. The monoisotopic (exact) mass is 335 g/mol. The number of nitrogens with one attached hydrogen (secondary N) is 1. The normalized spacial score (nSPS) is 12.4. The molecule has 0 aliphatic carbocycles. The lowest BCUT2D eigenvalue weighted by atomic mass is 9.97. The molecule has 0 aliphatic rings. The smallest absolute Gasteiger partial charge is 0.123 e. The Morgan fingerprint density at radius 2 is 1.68 bits per heavy atom. The summed E-state index contributed by atoms with van der Waals surface area (Å²) in [6, 6.07) is 11.1. The van der Waals surface area contributed by atoms with E-state index in [2.05, 4.69) is 4.98 Å². The Balaban J connectivity index is 2.01. The molecular formula is C17H12Cl2FNO. The van der Waals surface area contributed by atoms with Crippen LogP contribution in [-0.2, 0) is 0 Å². The van der Waals surface area contributed by atoms with Gasteiger partial charge in [-0.15, -0.1) is 0 Å². The lowest BCUT2D eigenvalue weighted by molar-refractivity contribution is 0.221. The van der Waals surface area contributed by atoms with Gasteiger partial charge in [-0.3, -0.25) is 0 Å². The molecular weight excluding hydrogens is 324 g/mol.